The van der Waals surface area contributed by atoms with Gasteiger partial charge < -0.3 is 11.2 Å². The normalized spacial score (nSPS) is 9.83. The second-order valence-corrected chi connectivity index (χ2v) is 3.79. The largest absolute Gasteiger partial charge is 1.00 e. The van der Waals surface area contributed by atoms with Gasteiger partial charge in [-0.3, -0.25) is 4.57 Å². The van der Waals surface area contributed by atoms with Gasteiger partial charge in [0.05, 0.1) is 0 Å². The molecule has 0 aliphatic carbocycles. The summed E-state index contributed by atoms with van der Waals surface area (Å²) in [5.74, 6) is 0. The van der Waals surface area contributed by atoms with E-state index in [1.807, 2.05) is 0 Å². The van der Waals surface area contributed by atoms with Gasteiger partial charge in [0.1, 0.15) is 0 Å². The monoisotopic (exact) mass is 154 g/mol. The van der Waals surface area contributed by atoms with Crippen molar-refractivity contribution in [2.45, 2.75) is 0 Å². The van der Waals surface area contributed by atoms with Crippen molar-refractivity contribution in [3.63, 3.8) is 0 Å². The van der Waals surface area contributed by atoms with Crippen LogP contribution in [0.3, 0.4) is 0 Å². The van der Waals surface area contributed by atoms with Crippen LogP contribution in [0.1, 0.15) is 1.43 Å². The Hall–Kier alpha value is 2.22. The van der Waals surface area contributed by atoms with E-state index in [2.05, 4.69) is 0 Å². The third kappa shape index (κ3) is 34.4. The van der Waals surface area contributed by atoms with Crippen molar-refractivity contribution in [1.29, 1.82) is 0 Å². The molecule has 0 aliphatic rings. The number of hydrogen-bond acceptors (Lipinski definition) is 1. The Kier molecular flexibility index (Phi) is 7.62. The Labute approximate surface area is 82.1 Å². The Morgan fingerprint density at radius 1 is 1.67 bits per heavy atom. The molecule has 0 saturated carbocycles. The maximum Gasteiger partial charge on any atom is 1.00 e. The van der Waals surface area contributed by atoms with Gasteiger partial charge in [-0.05, 0) is 8.93 Å². The molecule has 0 aliphatic heterocycles. The van der Waals surface area contributed by atoms with Crippen molar-refractivity contribution in [3.8, 4) is 0 Å². The molecule has 3 nitrogen and oxygen atoms in total. The molecule has 6 heteroatoms. The van der Waals surface area contributed by atoms with Gasteiger partial charge in [0.15, 0.2) is 0 Å². The van der Waals surface area contributed by atoms with E-state index in [1.54, 1.807) is 0 Å². The summed E-state index contributed by atoms with van der Waals surface area (Å²) >= 11 is 0. The second kappa shape index (κ2) is 4.13. The number of rotatable bonds is 0. The van der Waals surface area contributed by atoms with Crippen LogP contribution in [0.4, 0.5) is 0 Å². The minimum Gasteiger partial charge on any atom is -1.00 e. The van der Waals surface area contributed by atoms with Crippen molar-refractivity contribution in [2.24, 2.45) is 0 Å². The van der Waals surface area contributed by atoms with E-state index < -0.39 is 7.28 Å². The quantitative estimate of drug-likeness (QED) is 0.290. The van der Waals surface area contributed by atoms with E-state index in [4.69, 9.17) is 9.79 Å². The predicted molar refractivity (Wildman–Crippen MR) is 22.9 cm³/mol. The zero-order chi connectivity index (χ0) is 4.50. The average Bonchev–Trinajstić information content (AvgIpc) is 0.722. The fourth-order valence-electron chi connectivity index (χ4n) is 0. The molecule has 0 amide bonds. The minimum absolute atomic E-state index is 0. The van der Waals surface area contributed by atoms with Crippen molar-refractivity contribution < 1.29 is 67.2 Å². The van der Waals surface area contributed by atoms with E-state index in [0.29, 0.717) is 0 Å². The Bertz CT molecular complexity index is 59.1. The zero-order valence-corrected chi connectivity index (χ0v) is 8.50. The summed E-state index contributed by atoms with van der Waals surface area (Å²) in [5, 5.41) is 0. The molecule has 0 fully saturated rings. The maximum absolute atomic E-state index is 9.29. The van der Waals surface area contributed by atoms with Crippen LogP contribution in [0.15, 0.2) is 0 Å². The third-order valence-corrected chi connectivity index (χ3v) is 0. The van der Waals surface area contributed by atoms with E-state index in [0.717, 1.165) is 0 Å². The molecule has 1 atom stereocenters. The standard InChI is InChI=1S/K.H4O3P2.H/c;1-5(2,3)4;/h;4H2,(H2,1,2,3);/q+1;;-1. The first-order valence-corrected chi connectivity index (χ1v) is 4.07. The molecule has 0 spiro atoms. The van der Waals surface area contributed by atoms with Crippen LogP contribution >= 0.6 is 16.2 Å². The first-order chi connectivity index (χ1) is 2.00. The van der Waals surface area contributed by atoms with Crippen molar-refractivity contribution in [1.82, 2.24) is 0 Å². The Morgan fingerprint density at radius 2 is 1.67 bits per heavy atom. The van der Waals surface area contributed by atoms with Gasteiger partial charge in [0.2, 0.25) is 0 Å². The first-order valence-electron chi connectivity index (χ1n) is 0.841. The van der Waals surface area contributed by atoms with Gasteiger partial charge in [-0.1, -0.05) is 0 Å². The maximum atomic E-state index is 9.29. The van der Waals surface area contributed by atoms with Gasteiger partial charge >= 0.3 is 58.7 Å². The minimum atomic E-state index is -3.72. The molecule has 2 N–H and O–H groups in total. The Balaban J connectivity index is -0.0000000800. The van der Waals surface area contributed by atoms with Crippen LogP contribution in [0.2, 0.25) is 0 Å². The first kappa shape index (κ1) is 11.1. The third-order valence-electron chi connectivity index (χ3n) is 0. The van der Waals surface area contributed by atoms with Crippen molar-refractivity contribution >= 4 is 16.2 Å². The molecular weight excluding hydrogens is 149 g/mol. The average molecular weight is 154 g/mol. The van der Waals surface area contributed by atoms with Gasteiger partial charge in [0.25, 0.3) is 0 Å². The fourth-order valence-corrected chi connectivity index (χ4v) is 0. The van der Waals surface area contributed by atoms with E-state index in [9.17, 15) is 4.57 Å². The SMILES string of the molecule is O=P(O)(O)P.[H-].[K+]. The predicted octanol–water partition coefficient (Wildman–Crippen LogP) is -2.93. The van der Waals surface area contributed by atoms with Gasteiger partial charge in [-0.2, -0.15) is 0 Å². The topological polar surface area (TPSA) is 57.5 Å². The molecule has 0 saturated heterocycles. The number of hydrogen-bond donors (Lipinski definition) is 2. The van der Waals surface area contributed by atoms with Crippen LogP contribution in [-0.2, 0) is 4.57 Å². The summed E-state index contributed by atoms with van der Waals surface area (Å²) < 4.78 is 9.29. The summed E-state index contributed by atoms with van der Waals surface area (Å²) in [5.41, 5.74) is 0. The molecule has 0 heterocycles. The zero-order valence-electron chi connectivity index (χ0n) is 4.33. The van der Waals surface area contributed by atoms with Gasteiger partial charge in [0, 0.05) is 0 Å². The van der Waals surface area contributed by atoms with E-state index >= 15 is 0 Å². The molecule has 6 heavy (non-hydrogen) atoms. The molecule has 34 valence electrons. The molecule has 0 aromatic carbocycles. The molecular formula is H5KO3P2. The molecule has 0 bridgehead atoms. The van der Waals surface area contributed by atoms with Crippen LogP contribution in [0, 0.1) is 0 Å². The molecule has 1 unspecified atom stereocenters. The Morgan fingerprint density at radius 3 is 1.67 bits per heavy atom. The summed E-state index contributed by atoms with van der Waals surface area (Å²) in [7, 11) is -2.34. The van der Waals surface area contributed by atoms with Crippen molar-refractivity contribution in [3.05, 3.63) is 0 Å². The smallest absolute Gasteiger partial charge is 1.00 e. The van der Waals surface area contributed by atoms with Crippen LogP contribution in [0.25, 0.3) is 0 Å². The fraction of sp³-hybridized carbons (Fsp3) is 0. The molecule has 0 radical (unpaired) electrons. The molecule has 0 aromatic heterocycles. The molecule has 0 aromatic rings. The van der Waals surface area contributed by atoms with E-state index in [1.165, 1.54) is 8.93 Å². The van der Waals surface area contributed by atoms with Crippen molar-refractivity contribution in [2.75, 3.05) is 0 Å². The molecule has 0 rings (SSSR count). The second-order valence-electron chi connectivity index (χ2n) is 0.589. The van der Waals surface area contributed by atoms with Gasteiger partial charge in [-0.25, -0.2) is 0 Å². The van der Waals surface area contributed by atoms with Crippen LogP contribution < -0.4 is 51.4 Å². The van der Waals surface area contributed by atoms with Gasteiger partial charge in [-0.15, -0.1) is 0 Å². The summed E-state index contributed by atoms with van der Waals surface area (Å²) in [6, 6.07) is 0. The van der Waals surface area contributed by atoms with Crippen LogP contribution in [-0.4, -0.2) is 9.79 Å². The van der Waals surface area contributed by atoms with E-state index in [-0.39, 0.29) is 52.8 Å². The summed E-state index contributed by atoms with van der Waals surface area (Å²) in [6.07, 6.45) is 0. The summed E-state index contributed by atoms with van der Waals surface area (Å²) in [4.78, 5) is 15.2. The summed E-state index contributed by atoms with van der Waals surface area (Å²) in [6.45, 7) is 0. The van der Waals surface area contributed by atoms with Crippen LogP contribution in [0.5, 0.6) is 0 Å².